The molecule has 1 aliphatic carbocycles. The van der Waals surface area contributed by atoms with Crippen molar-refractivity contribution in [1.29, 1.82) is 0 Å². The predicted molar refractivity (Wildman–Crippen MR) is 91.7 cm³/mol. The van der Waals surface area contributed by atoms with Gasteiger partial charge in [-0.25, -0.2) is 0 Å². The fourth-order valence-corrected chi connectivity index (χ4v) is 3.40. The molecule has 130 valence electrons. The number of carbonyl (C=O) groups is 2. The Morgan fingerprint density at radius 1 is 1.04 bits per heavy atom. The fourth-order valence-electron chi connectivity index (χ4n) is 3.40. The summed E-state index contributed by atoms with van der Waals surface area (Å²) in [6.07, 6.45) is 5.44. The average molecular weight is 331 g/mol. The molecule has 2 heterocycles. The maximum absolute atomic E-state index is 12.2. The smallest absolute Gasteiger partial charge is 0.228 e. The zero-order valence-corrected chi connectivity index (χ0v) is 14.2. The summed E-state index contributed by atoms with van der Waals surface area (Å²) in [6, 6.07) is 3.69. The quantitative estimate of drug-likeness (QED) is 0.911. The molecule has 0 atom stereocenters. The lowest BCUT2D eigenvalue weighted by Gasteiger charge is -2.34. The number of amides is 2. The predicted octanol–water partition coefficient (Wildman–Crippen LogP) is 1.66. The fraction of sp³-hybridized carbons (Fsp3) is 0.647. The molecule has 0 unspecified atom stereocenters. The SMILES string of the molecule is CC(=O)N1CCN(c2ccc(NC(=O)C3CCCCC3)nn2)CC1. The summed E-state index contributed by atoms with van der Waals surface area (Å²) in [6.45, 7) is 4.51. The maximum atomic E-state index is 12.2. The Hall–Kier alpha value is -2.18. The molecule has 1 saturated carbocycles. The van der Waals surface area contributed by atoms with E-state index in [1.165, 1.54) is 6.42 Å². The van der Waals surface area contributed by atoms with E-state index in [9.17, 15) is 9.59 Å². The van der Waals surface area contributed by atoms with E-state index in [0.717, 1.165) is 44.6 Å². The first-order valence-corrected chi connectivity index (χ1v) is 8.78. The Bertz CT molecular complexity index is 575. The standard InChI is InChI=1S/C17H25N5O2/c1-13(23)21-9-11-22(12-10-21)16-8-7-15(19-20-16)18-17(24)14-5-3-2-4-6-14/h7-8,14H,2-6,9-12H2,1H3,(H,18,19,24). The van der Waals surface area contributed by atoms with Crippen LogP contribution in [0, 0.1) is 5.92 Å². The maximum Gasteiger partial charge on any atom is 0.228 e. The van der Waals surface area contributed by atoms with E-state index in [1.807, 2.05) is 11.0 Å². The van der Waals surface area contributed by atoms with Crippen molar-refractivity contribution in [2.24, 2.45) is 5.92 Å². The van der Waals surface area contributed by atoms with Crippen LogP contribution in [0.1, 0.15) is 39.0 Å². The molecule has 0 spiro atoms. The summed E-state index contributed by atoms with van der Waals surface area (Å²) >= 11 is 0. The zero-order valence-electron chi connectivity index (χ0n) is 14.2. The van der Waals surface area contributed by atoms with E-state index in [1.54, 1.807) is 13.0 Å². The van der Waals surface area contributed by atoms with Gasteiger partial charge in [-0.2, -0.15) is 0 Å². The average Bonchev–Trinajstić information content (AvgIpc) is 2.63. The molecule has 2 fully saturated rings. The van der Waals surface area contributed by atoms with Gasteiger partial charge < -0.3 is 15.1 Å². The van der Waals surface area contributed by atoms with Crippen molar-refractivity contribution in [2.45, 2.75) is 39.0 Å². The molecular formula is C17H25N5O2. The Kier molecular flexibility index (Phi) is 5.27. The summed E-state index contributed by atoms with van der Waals surface area (Å²) < 4.78 is 0. The van der Waals surface area contributed by atoms with E-state index in [-0.39, 0.29) is 17.7 Å². The van der Waals surface area contributed by atoms with Crippen molar-refractivity contribution >= 4 is 23.5 Å². The first-order chi connectivity index (χ1) is 11.6. The number of carbonyl (C=O) groups excluding carboxylic acids is 2. The highest BCUT2D eigenvalue weighted by Crippen LogP contribution is 2.24. The lowest BCUT2D eigenvalue weighted by molar-refractivity contribution is -0.129. The normalized spacial score (nSPS) is 19.2. The van der Waals surface area contributed by atoms with Gasteiger partial charge in [-0.05, 0) is 25.0 Å². The third-order valence-electron chi connectivity index (χ3n) is 4.93. The molecule has 0 bridgehead atoms. The molecule has 7 nitrogen and oxygen atoms in total. The molecule has 2 aliphatic rings. The highest BCUT2D eigenvalue weighted by Gasteiger charge is 2.22. The summed E-state index contributed by atoms with van der Waals surface area (Å²) in [4.78, 5) is 27.5. The monoisotopic (exact) mass is 331 g/mol. The number of aromatic nitrogens is 2. The number of nitrogens with one attached hydrogen (secondary N) is 1. The lowest BCUT2D eigenvalue weighted by Crippen LogP contribution is -2.48. The van der Waals surface area contributed by atoms with Gasteiger partial charge in [0.1, 0.15) is 0 Å². The molecule has 0 radical (unpaired) electrons. The van der Waals surface area contributed by atoms with E-state index in [0.29, 0.717) is 18.9 Å². The second-order valence-corrected chi connectivity index (χ2v) is 6.59. The van der Waals surface area contributed by atoms with Crippen LogP contribution in [0.25, 0.3) is 0 Å². The number of hydrogen-bond donors (Lipinski definition) is 1. The van der Waals surface area contributed by atoms with Gasteiger partial charge in [-0.1, -0.05) is 19.3 Å². The minimum atomic E-state index is 0.0619. The van der Waals surface area contributed by atoms with Crippen LogP contribution in [-0.4, -0.2) is 53.1 Å². The highest BCUT2D eigenvalue weighted by atomic mass is 16.2. The van der Waals surface area contributed by atoms with Crippen molar-refractivity contribution in [3.05, 3.63) is 12.1 Å². The minimum Gasteiger partial charge on any atom is -0.352 e. The molecule has 1 aliphatic heterocycles. The summed E-state index contributed by atoms with van der Waals surface area (Å²) in [5.74, 6) is 1.58. The summed E-state index contributed by atoms with van der Waals surface area (Å²) in [5, 5.41) is 11.2. The Morgan fingerprint density at radius 3 is 2.33 bits per heavy atom. The van der Waals surface area contributed by atoms with Gasteiger partial charge in [0.15, 0.2) is 11.6 Å². The van der Waals surface area contributed by atoms with Crippen molar-refractivity contribution in [2.75, 3.05) is 36.4 Å². The van der Waals surface area contributed by atoms with Crippen LogP contribution in [-0.2, 0) is 9.59 Å². The van der Waals surface area contributed by atoms with Gasteiger partial charge >= 0.3 is 0 Å². The highest BCUT2D eigenvalue weighted by molar-refractivity contribution is 5.91. The van der Waals surface area contributed by atoms with E-state index >= 15 is 0 Å². The second-order valence-electron chi connectivity index (χ2n) is 6.59. The van der Waals surface area contributed by atoms with Crippen molar-refractivity contribution in [3.8, 4) is 0 Å². The number of hydrogen-bond acceptors (Lipinski definition) is 5. The second kappa shape index (κ2) is 7.59. The minimum absolute atomic E-state index is 0.0619. The molecular weight excluding hydrogens is 306 g/mol. The van der Waals surface area contributed by atoms with Crippen molar-refractivity contribution in [1.82, 2.24) is 15.1 Å². The van der Waals surface area contributed by atoms with E-state index in [4.69, 9.17) is 0 Å². The van der Waals surface area contributed by atoms with Crippen molar-refractivity contribution < 1.29 is 9.59 Å². The van der Waals surface area contributed by atoms with E-state index < -0.39 is 0 Å². The van der Waals surface area contributed by atoms with Crippen LogP contribution in [0.15, 0.2) is 12.1 Å². The first kappa shape index (κ1) is 16.7. The third kappa shape index (κ3) is 4.01. The van der Waals surface area contributed by atoms with Crippen molar-refractivity contribution in [3.63, 3.8) is 0 Å². The summed E-state index contributed by atoms with van der Waals surface area (Å²) in [7, 11) is 0. The zero-order chi connectivity index (χ0) is 16.9. The molecule has 24 heavy (non-hydrogen) atoms. The first-order valence-electron chi connectivity index (χ1n) is 8.78. The lowest BCUT2D eigenvalue weighted by atomic mass is 9.89. The molecule has 3 rings (SSSR count). The van der Waals surface area contributed by atoms with E-state index in [2.05, 4.69) is 20.4 Å². The Morgan fingerprint density at radius 2 is 1.75 bits per heavy atom. The molecule has 7 heteroatoms. The Balaban J connectivity index is 1.54. The molecule has 2 amide bonds. The number of rotatable bonds is 3. The third-order valence-corrected chi connectivity index (χ3v) is 4.93. The molecule has 1 saturated heterocycles. The van der Waals surface area contributed by atoms with Gasteiger partial charge in [0.05, 0.1) is 0 Å². The summed E-state index contributed by atoms with van der Waals surface area (Å²) in [5.41, 5.74) is 0. The van der Waals surface area contributed by atoms with Gasteiger partial charge in [0.25, 0.3) is 0 Å². The van der Waals surface area contributed by atoms with Crippen LogP contribution in [0.3, 0.4) is 0 Å². The van der Waals surface area contributed by atoms with Crippen LogP contribution in [0.2, 0.25) is 0 Å². The van der Waals surface area contributed by atoms with Crippen LogP contribution < -0.4 is 10.2 Å². The Labute approximate surface area is 142 Å². The number of piperazine rings is 1. The van der Waals surface area contributed by atoms with Gasteiger partial charge in [-0.15, -0.1) is 10.2 Å². The molecule has 1 aromatic rings. The van der Waals surface area contributed by atoms with Crippen LogP contribution in [0.4, 0.5) is 11.6 Å². The van der Waals surface area contributed by atoms with Gasteiger partial charge in [-0.3, -0.25) is 9.59 Å². The molecule has 0 aromatic carbocycles. The van der Waals surface area contributed by atoms with Gasteiger partial charge in [0, 0.05) is 39.0 Å². The van der Waals surface area contributed by atoms with Crippen LogP contribution >= 0.6 is 0 Å². The molecule has 1 N–H and O–H groups in total. The number of anilines is 2. The topological polar surface area (TPSA) is 78.4 Å². The van der Waals surface area contributed by atoms with Crippen LogP contribution in [0.5, 0.6) is 0 Å². The largest absolute Gasteiger partial charge is 0.352 e. The van der Waals surface area contributed by atoms with Gasteiger partial charge in [0.2, 0.25) is 11.8 Å². The molecule has 1 aromatic heterocycles. The number of nitrogens with zero attached hydrogens (tertiary/aromatic N) is 4.